The number of nitrogens with zero attached hydrogens (tertiary/aromatic N) is 4. The summed E-state index contributed by atoms with van der Waals surface area (Å²) in [5.41, 5.74) is 19.0. The van der Waals surface area contributed by atoms with E-state index in [1.165, 1.54) is 55.5 Å². The predicted molar refractivity (Wildman–Crippen MR) is 259 cm³/mol. The lowest BCUT2D eigenvalue weighted by atomic mass is 9.70. The molecule has 8 aromatic carbocycles. The molecule has 3 aliphatic carbocycles. The molecule has 1 spiro atoms. The lowest BCUT2D eigenvalue weighted by Crippen LogP contribution is -2.25. The molecule has 0 saturated heterocycles. The Bertz CT molecular complexity index is 3630. The van der Waals surface area contributed by atoms with Crippen molar-refractivity contribution < 1.29 is 4.74 Å². The highest BCUT2D eigenvalue weighted by Gasteiger charge is 2.52. The smallest absolute Gasteiger partial charge is 0.235 e. The summed E-state index contributed by atoms with van der Waals surface area (Å²) < 4.78 is 9.20. The fourth-order valence-electron chi connectivity index (χ4n) is 11.3. The van der Waals surface area contributed by atoms with E-state index in [0.29, 0.717) is 5.95 Å². The van der Waals surface area contributed by atoms with Crippen LogP contribution in [-0.4, -0.2) is 14.5 Å². The molecule has 0 fully saturated rings. The highest BCUT2D eigenvalue weighted by Crippen LogP contribution is 2.64. The minimum absolute atomic E-state index is 0.463. The van der Waals surface area contributed by atoms with Crippen molar-refractivity contribution in [3.63, 3.8) is 0 Å². The van der Waals surface area contributed by atoms with E-state index in [9.17, 15) is 0 Å². The Kier molecular flexibility index (Phi) is 7.37. The maximum Gasteiger partial charge on any atom is 0.235 e. The van der Waals surface area contributed by atoms with Crippen molar-refractivity contribution in [3.05, 3.63) is 234 Å². The van der Waals surface area contributed by atoms with E-state index in [1.807, 2.05) is 12.1 Å². The molecule has 0 unspecified atom stereocenters. The molecule has 0 bridgehead atoms. The zero-order chi connectivity index (χ0) is 41.9. The molecule has 1 aliphatic heterocycles. The SMILES string of the molecule is C1=CCCC(c2cc(-c3cccc4c3-c3ccccc3C43c4ccccc4-c4ccccc43)nc(N3c4ccccc4Oc4cc5c6ccccc6n(-c6ccccc6)c5cc43)n2)=C1. The van der Waals surface area contributed by atoms with E-state index in [0.717, 1.165) is 74.8 Å². The number of hydrogen-bond donors (Lipinski definition) is 0. The Morgan fingerprint density at radius 1 is 0.484 bits per heavy atom. The first-order valence-electron chi connectivity index (χ1n) is 22.1. The van der Waals surface area contributed by atoms with Crippen molar-refractivity contribution >= 4 is 44.7 Å². The number of ether oxygens (including phenoxy) is 1. The second kappa shape index (κ2) is 13.4. The summed E-state index contributed by atoms with van der Waals surface area (Å²) in [6.45, 7) is 0. The summed E-state index contributed by atoms with van der Waals surface area (Å²) in [4.78, 5) is 13.4. The number of rotatable bonds is 4. The van der Waals surface area contributed by atoms with Crippen LogP contribution in [0.5, 0.6) is 11.5 Å². The number of anilines is 3. The van der Waals surface area contributed by atoms with Gasteiger partial charge in [0, 0.05) is 22.0 Å². The van der Waals surface area contributed by atoms with Gasteiger partial charge >= 0.3 is 0 Å². The van der Waals surface area contributed by atoms with E-state index in [-0.39, 0.29) is 0 Å². The molecular formula is C59H38N4O. The van der Waals surface area contributed by atoms with Crippen molar-refractivity contribution in [3.8, 4) is 50.7 Å². The van der Waals surface area contributed by atoms with Crippen molar-refractivity contribution in [2.45, 2.75) is 18.3 Å². The maximum absolute atomic E-state index is 6.85. The van der Waals surface area contributed by atoms with Crippen LogP contribution in [0, 0.1) is 0 Å². The third kappa shape index (κ3) is 4.78. The van der Waals surface area contributed by atoms with Crippen molar-refractivity contribution in [2.24, 2.45) is 0 Å². The van der Waals surface area contributed by atoms with Crippen LogP contribution in [0.3, 0.4) is 0 Å². The second-order valence-corrected chi connectivity index (χ2v) is 17.1. The molecule has 0 atom stereocenters. The van der Waals surface area contributed by atoms with E-state index in [1.54, 1.807) is 0 Å². The van der Waals surface area contributed by atoms with Gasteiger partial charge in [-0.15, -0.1) is 0 Å². The fraction of sp³-hybridized carbons (Fsp3) is 0.0508. The lowest BCUT2D eigenvalue weighted by molar-refractivity contribution is 0.477. The monoisotopic (exact) mass is 818 g/mol. The molecule has 0 saturated carbocycles. The Hall–Kier alpha value is -8.28. The van der Waals surface area contributed by atoms with Gasteiger partial charge in [0.15, 0.2) is 11.5 Å². The van der Waals surface area contributed by atoms with Crippen LogP contribution in [0.1, 0.15) is 40.8 Å². The molecule has 0 N–H and O–H groups in total. The van der Waals surface area contributed by atoms with Gasteiger partial charge < -0.3 is 9.30 Å². The third-order valence-corrected chi connectivity index (χ3v) is 13.9. The summed E-state index contributed by atoms with van der Waals surface area (Å²) in [5.74, 6) is 2.11. The molecule has 3 heterocycles. The summed E-state index contributed by atoms with van der Waals surface area (Å²) in [5, 5.41) is 2.29. The van der Waals surface area contributed by atoms with E-state index in [4.69, 9.17) is 14.7 Å². The first-order valence-corrected chi connectivity index (χ1v) is 22.1. The number of benzene rings is 8. The second-order valence-electron chi connectivity index (χ2n) is 17.1. The van der Waals surface area contributed by atoms with Gasteiger partial charge in [-0.25, -0.2) is 9.97 Å². The Morgan fingerprint density at radius 3 is 1.94 bits per heavy atom. The van der Waals surface area contributed by atoms with E-state index < -0.39 is 5.41 Å². The summed E-state index contributed by atoms with van der Waals surface area (Å²) in [6.07, 6.45) is 8.46. The lowest BCUT2D eigenvalue weighted by Gasteiger charge is -2.32. The molecule has 5 nitrogen and oxygen atoms in total. The topological polar surface area (TPSA) is 43.2 Å². The molecular weight excluding hydrogens is 781 g/mol. The number of para-hydroxylation sites is 4. The van der Waals surface area contributed by atoms with Crippen LogP contribution in [0.2, 0.25) is 0 Å². The zero-order valence-electron chi connectivity index (χ0n) is 34.7. The normalized spacial score (nSPS) is 14.7. The van der Waals surface area contributed by atoms with E-state index in [2.05, 4.69) is 204 Å². The average Bonchev–Trinajstić information content (AvgIpc) is 3.97. The van der Waals surface area contributed by atoms with Gasteiger partial charge in [0.2, 0.25) is 5.95 Å². The quantitative estimate of drug-likeness (QED) is 0.177. The molecule has 64 heavy (non-hydrogen) atoms. The zero-order valence-corrected chi connectivity index (χ0v) is 34.7. The van der Waals surface area contributed by atoms with Gasteiger partial charge in [-0.2, -0.15) is 0 Å². The number of fused-ring (bicyclic) bond motifs is 15. The Labute approximate surface area is 370 Å². The van der Waals surface area contributed by atoms with Crippen LogP contribution < -0.4 is 9.64 Å². The summed E-state index contributed by atoms with van der Waals surface area (Å²) in [7, 11) is 0. The number of aromatic nitrogens is 3. The molecule has 0 amide bonds. The van der Waals surface area contributed by atoms with Crippen LogP contribution >= 0.6 is 0 Å². The number of hydrogen-bond acceptors (Lipinski definition) is 4. The first-order chi connectivity index (χ1) is 31.8. The molecule has 0 radical (unpaired) electrons. The highest BCUT2D eigenvalue weighted by atomic mass is 16.5. The van der Waals surface area contributed by atoms with Gasteiger partial charge in [0.1, 0.15) is 0 Å². The van der Waals surface area contributed by atoms with Crippen LogP contribution in [-0.2, 0) is 5.41 Å². The summed E-state index contributed by atoms with van der Waals surface area (Å²) >= 11 is 0. The molecule has 14 rings (SSSR count). The van der Waals surface area contributed by atoms with Crippen LogP contribution in [0.25, 0.3) is 66.6 Å². The van der Waals surface area contributed by atoms with Crippen molar-refractivity contribution in [2.75, 3.05) is 4.90 Å². The largest absolute Gasteiger partial charge is 0.453 e. The van der Waals surface area contributed by atoms with Crippen LogP contribution in [0.4, 0.5) is 17.3 Å². The standard InChI is InChI=1S/C59H38N4O/c1-3-18-37(19-4-1)49-35-50(43-26-17-30-48-57(43)42-25-9-13-29-47(42)59(48)45-27-11-7-22-39(45)40-23-8-12-28-46(40)59)61-58(60-49)63-52-32-15-16-33-55(52)64-56-34-44-41-24-10-14-31-51(41)62(53(44)36-54(56)63)38-20-5-2-6-21-38/h1-3,5-18,20-36H,4,19H2. The van der Waals surface area contributed by atoms with Crippen molar-refractivity contribution in [1.29, 1.82) is 0 Å². The molecule has 300 valence electrons. The molecule has 2 aromatic heterocycles. The fourth-order valence-corrected chi connectivity index (χ4v) is 11.3. The third-order valence-electron chi connectivity index (χ3n) is 13.9. The van der Waals surface area contributed by atoms with Crippen molar-refractivity contribution in [1.82, 2.24) is 14.5 Å². The predicted octanol–water partition coefficient (Wildman–Crippen LogP) is 14.9. The molecule has 10 aromatic rings. The van der Waals surface area contributed by atoms with Crippen LogP contribution in [0.15, 0.2) is 206 Å². The molecule has 4 aliphatic rings. The van der Waals surface area contributed by atoms with Gasteiger partial charge in [0.25, 0.3) is 0 Å². The minimum Gasteiger partial charge on any atom is -0.453 e. The Morgan fingerprint density at radius 2 is 1.14 bits per heavy atom. The van der Waals surface area contributed by atoms with Gasteiger partial charge in [-0.05, 0) is 111 Å². The first kappa shape index (κ1) is 35.3. The minimum atomic E-state index is -0.463. The maximum atomic E-state index is 6.85. The summed E-state index contributed by atoms with van der Waals surface area (Å²) in [6, 6.07) is 68.0. The van der Waals surface area contributed by atoms with Gasteiger partial charge in [0.05, 0.1) is 39.2 Å². The Balaban J connectivity index is 1.04. The highest BCUT2D eigenvalue weighted by molar-refractivity contribution is 6.12. The van der Waals surface area contributed by atoms with E-state index >= 15 is 0 Å². The average molecular weight is 819 g/mol. The number of allylic oxidation sites excluding steroid dienone is 4. The van der Waals surface area contributed by atoms with Gasteiger partial charge in [-0.3, -0.25) is 4.90 Å². The van der Waals surface area contributed by atoms with Gasteiger partial charge in [-0.1, -0.05) is 158 Å². The molecule has 5 heteroatoms.